The van der Waals surface area contributed by atoms with Crippen molar-refractivity contribution in [2.75, 3.05) is 13.7 Å². The molecule has 5 N–H and O–H groups in total. The molecule has 0 aliphatic heterocycles. The number of benzene rings is 1. The Kier molecular flexibility index (Phi) is 7.30. The minimum atomic E-state index is -0.929. The minimum absolute atomic E-state index is 0.255. The van der Waals surface area contributed by atoms with Gasteiger partial charge in [0.1, 0.15) is 12.6 Å². The number of hydroxylamine groups is 1. The second-order valence-corrected chi connectivity index (χ2v) is 5.93. The number of amides is 1. The van der Waals surface area contributed by atoms with E-state index in [9.17, 15) is 4.79 Å². The zero-order valence-electron chi connectivity index (χ0n) is 15.0. The molecule has 0 bridgehead atoms. The van der Waals surface area contributed by atoms with Gasteiger partial charge in [-0.1, -0.05) is 12.5 Å². The maximum absolute atomic E-state index is 11.8. The first-order chi connectivity index (χ1) is 11.7. The highest BCUT2D eigenvalue weighted by molar-refractivity contribution is 5.84. The molecule has 0 fully saturated rings. The van der Waals surface area contributed by atoms with Gasteiger partial charge in [-0.25, -0.2) is 5.48 Å². The zero-order valence-corrected chi connectivity index (χ0v) is 15.0. The summed E-state index contributed by atoms with van der Waals surface area (Å²) in [5.74, 6) is 5.95. The van der Waals surface area contributed by atoms with E-state index in [4.69, 9.17) is 20.4 Å². The Morgan fingerprint density at radius 2 is 2.12 bits per heavy atom. The quantitative estimate of drug-likeness (QED) is 0.321. The first-order valence-corrected chi connectivity index (χ1v) is 7.63. The number of carbonyl (C=O) groups excluding carboxylic acids is 1. The summed E-state index contributed by atoms with van der Waals surface area (Å²) in [4.78, 5) is 11.8. The number of ether oxygens (including phenoxy) is 2. The molecule has 25 heavy (non-hydrogen) atoms. The predicted molar refractivity (Wildman–Crippen MR) is 96.1 cm³/mol. The fourth-order valence-corrected chi connectivity index (χ4v) is 2.07. The molecule has 0 aromatic heterocycles. The van der Waals surface area contributed by atoms with Gasteiger partial charge in [0.2, 0.25) is 0 Å². The molecule has 1 aromatic rings. The topological polar surface area (TPSA) is 106 Å². The smallest absolute Gasteiger partial charge is 0.267 e. The molecule has 136 valence electrons. The van der Waals surface area contributed by atoms with Crippen molar-refractivity contribution < 1.29 is 19.5 Å². The standard InChI is InChI=1S/C18H25N3O4/c1-6-7-10-25-14-9-8-13(11-15(14)24-5)12(2)20-16(17(22)21-23)18(3,4)19/h8-9,11,16,20,23H,2,10,19H2,1,3-5H3,(H,21,22). The highest BCUT2D eigenvalue weighted by Gasteiger charge is 2.32. The summed E-state index contributed by atoms with van der Waals surface area (Å²) in [6.07, 6.45) is 0. The van der Waals surface area contributed by atoms with Gasteiger partial charge in [0.25, 0.3) is 5.91 Å². The van der Waals surface area contributed by atoms with Crippen LogP contribution in [0.25, 0.3) is 5.70 Å². The molecule has 1 rings (SSSR count). The molecule has 0 aliphatic rings. The molecule has 1 atom stereocenters. The molecule has 0 saturated heterocycles. The average molecular weight is 347 g/mol. The monoisotopic (exact) mass is 347 g/mol. The Morgan fingerprint density at radius 3 is 2.64 bits per heavy atom. The maximum Gasteiger partial charge on any atom is 0.267 e. The fraction of sp³-hybridized carbons (Fsp3) is 0.389. The molecular weight excluding hydrogens is 322 g/mol. The van der Waals surface area contributed by atoms with Crippen LogP contribution in [0.5, 0.6) is 11.5 Å². The lowest BCUT2D eigenvalue weighted by molar-refractivity contribution is -0.132. The Bertz CT molecular complexity index is 684. The van der Waals surface area contributed by atoms with E-state index in [1.165, 1.54) is 7.11 Å². The molecule has 1 aromatic carbocycles. The molecule has 0 aliphatic carbocycles. The fourth-order valence-electron chi connectivity index (χ4n) is 2.07. The van der Waals surface area contributed by atoms with Crippen LogP contribution in [-0.4, -0.2) is 36.4 Å². The minimum Gasteiger partial charge on any atom is -0.493 e. The van der Waals surface area contributed by atoms with E-state index in [1.807, 2.05) is 0 Å². The van der Waals surface area contributed by atoms with Crippen molar-refractivity contribution in [3.8, 4) is 23.3 Å². The second-order valence-electron chi connectivity index (χ2n) is 5.93. The van der Waals surface area contributed by atoms with E-state index in [2.05, 4.69) is 23.7 Å². The van der Waals surface area contributed by atoms with Gasteiger partial charge >= 0.3 is 0 Å². The van der Waals surface area contributed by atoms with Crippen LogP contribution in [0.3, 0.4) is 0 Å². The van der Waals surface area contributed by atoms with E-state index < -0.39 is 17.5 Å². The Hall–Kier alpha value is -2.69. The number of hydrogen-bond acceptors (Lipinski definition) is 6. The van der Waals surface area contributed by atoms with Crippen LogP contribution in [-0.2, 0) is 4.79 Å². The van der Waals surface area contributed by atoms with E-state index in [0.29, 0.717) is 22.8 Å². The summed E-state index contributed by atoms with van der Waals surface area (Å²) < 4.78 is 10.8. The summed E-state index contributed by atoms with van der Waals surface area (Å²) in [5, 5.41) is 11.8. The van der Waals surface area contributed by atoms with Crippen LogP contribution in [0, 0.1) is 11.8 Å². The predicted octanol–water partition coefficient (Wildman–Crippen LogP) is 1.27. The Balaban J connectivity index is 3.00. The maximum atomic E-state index is 11.8. The van der Waals surface area contributed by atoms with Crippen molar-refractivity contribution in [2.24, 2.45) is 5.73 Å². The highest BCUT2D eigenvalue weighted by atomic mass is 16.5. The summed E-state index contributed by atoms with van der Waals surface area (Å²) in [7, 11) is 1.53. The van der Waals surface area contributed by atoms with Gasteiger partial charge in [-0.3, -0.25) is 10.0 Å². The number of hydrogen-bond donors (Lipinski definition) is 4. The van der Waals surface area contributed by atoms with E-state index in [-0.39, 0.29) is 6.61 Å². The summed E-state index contributed by atoms with van der Waals surface area (Å²) in [5.41, 5.74) is 7.81. The van der Waals surface area contributed by atoms with Crippen molar-refractivity contribution in [3.05, 3.63) is 30.3 Å². The molecular formula is C18H25N3O4. The number of rotatable bonds is 8. The lowest BCUT2D eigenvalue weighted by Crippen LogP contribution is -2.59. The lowest BCUT2D eigenvalue weighted by Gasteiger charge is -2.31. The third-order valence-corrected chi connectivity index (χ3v) is 3.42. The molecule has 0 radical (unpaired) electrons. The summed E-state index contributed by atoms with van der Waals surface area (Å²) in [6, 6.07) is 4.34. The second kappa shape index (κ2) is 8.97. The Labute approximate surface area is 148 Å². The third-order valence-electron chi connectivity index (χ3n) is 3.42. The summed E-state index contributed by atoms with van der Waals surface area (Å²) in [6.45, 7) is 9.25. The third kappa shape index (κ3) is 5.71. The van der Waals surface area contributed by atoms with Crippen LogP contribution in [0.2, 0.25) is 0 Å². The Morgan fingerprint density at radius 1 is 1.44 bits per heavy atom. The molecule has 0 saturated carbocycles. The summed E-state index contributed by atoms with van der Waals surface area (Å²) >= 11 is 0. The number of nitrogens with one attached hydrogen (secondary N) is 2. The van der Waals surface area contributed by atoms with Crippen molar-refractivity contribution in [1.82, 2.24) is 10.8 Å². The number of methoxy groups -OCH3 is 1. The SMILES string of the molecule is C=C(NC(C(=O)NO)C(C)(C)N)c1ccc(OCC#CC)c(OC)c1. The van der Waals surface area contributed by atoms with Crippen molar-refractivity contribution in [2.45, 2.75) is 32.4 Å². The van der Waals surface area contributed by atoms with E-state index >= 15 is 0 Å². The number of nitrogens with two attached hydrogens (primary N) is 1. The van der Waals surface area contributed by atoms with Crippen LogP contribution >= 0.6 is 0 Å². The first-order valence-electron chi connectivity index (χ1n) is 7.63. The molecule has 7 nitrogen and oxygen atoms in total. The number of carbonyl (C=O) groups is 1. The van der Waals surface area contributed by atoms with Gasteiger partial charge in [-0.2, -0.15) is 0 Å². The largest absolute Gasteiger partial charge is 0.493 e. The van der Waals surface area contributed by atoms with Crippen molar-refractivity contribution in [3.63, 3.8) is 0 Å². The highest BCUT2D eigenvalue weighted by Crippen LogP contribution is 2.30. The first kappa shape index (κ1) is 20.4. The van der Waals surface area contributed by atoms with Gasteiger partial charge < -0.3 is 20.5 Å². The van der Waals surface area contributed by atoms with Gasteiger partial charge in [-0.05, 0) is 39.0 Å². The molecule has 0 spiro atoms. The van der Waals surface area contributed by atoms with Crippen molar-refractivity contribution >= 4 is 11.6 Å². The van der Waals surface area contributed by atoms with E-state index in [0.717, 1.165) is 0 Å². The van der Waals surface area contributed by atoms with E-state index in [1.54, 1.807) is 44.5 Å². The normalized spacial score (nSPS) is 11.6. The van der Waals surface area contributed by atoms with Crippen LogP contribution < -0.4 is 26.0 Å². The van der Waals surface area contributed by atoms with Gasteiger partial charge in [0.15, 0.2) is 11.5 Å². The van der Waals surface area contributed by atoms with Gasteiger partial charge in [0, 0.05) is 16.8 Å². The molecule has 1 amide bonds. The van der Waals surface area contributed by atoms with Crippen LogP contribution in [0.1, 0.15) is 26.3 Å². The lowest BCUT2D eigenvalue weighted by atomic mass is 9.94. The molecule has 7 heteroatoms. The van der Waals surface area contributed by atoms with Gasteiger partial charge in [0.05, 0.1) is 7.11 Å². The van der Waals surface area contributed by atoms with Crippen LogP contribution in [0.15, 0.2) is 24.8 Å². The molecule has 0 heterocycles. The zero-order chi connectivity index (χ0) is 19.0. The molecule has 1 unspecified atom stereocenters. The average Bonchev–Trinajstić information content (AvgIpc) is 2.58. The van der Waals surface area contributed by atoms with Crippen LogP contribution in [0.4, 0.5) is 0 Å². The van der Waals surface area contributed by atoms with Crippen molar-refractivity contribution in [1.29, 1.82) is 0 Å². The van der Waals surface area contributed by atoms with Gasteiger partial charge in [-0.15, -0.1) is 5.92 Å².